The van der Waals surface area contributed by atoms with Crippen LogP contribution in [-0.2, 0) is 13.9 Å². The van der Waals surface area contributed by atoms with Gasteiger partial charge in [-0.1, -0.05) is 0 Å². The van der Waals surface area contributed by atoms with Crippen molar-refractivity contribution in [1.29, 1.82) is 0 Å². The van der Waals surface area contributed by atoms with Crippen molar-refractivity contribution in [3.05, 3.63) is 0 Å². The molecule has 0 aromatic rings. The van der Waals surface area contributed by atoms with E-state index in [1.54, 1.807) is 0 Å². The van der Waals surface area contributed by atoms with E-state index in [-0.39, 0.29) is 88.7 Å². The molecule has 0 aliphatic carbocycles. The zero-order chi connectivity index (χ0) is 9.07. The van der Waals surface area contributed by atoms with Gasteiger partial charge in [0.15, 0.2) is 6.10 Å². The molecule has 7 nitrogen and oxygen atoms in total. The molecule has 0 aliphatic rings. The molecule has 0 spiro atoms. The average Bonchev–Trinajstić information content (AvgIpc) is 1.80. The maximum Gasteiger partial charge on any atom is 1.00 e. The Hall–Kier alpha value is 2.54. The topological polar surface area (TPSA) is 124 Å². The van der Waals surface area contributed by atoms with E-state index in [4.69, 9.17) is 20.0 Å². The Labute approximate surface area is 147 Å². The summed E-state index contributed by atoms with van der Waals surface area (Å²) in [6.07, 6.45) is -1.88. The molecule has 0 radical (unpaired) electrons. The van der Waals surface area contributed by atoms with E-state index >= 15 is 0 Å². The second-order valence-electron chi connectivity index (χ2n) is 1.61. The van der Waals surface area contributed by atoms with E-state index in [9.17, 15) is 9.36 Å². The molecule has 66 valence electrons. The Bertz CT molecular complexity index is 193. The molecule has 0 heterocycles. The van der Waals surface area contributed by atoms with Gasteiger partial charge in [-0.2, -0.15) is 0 Å². The average molecular weight is 255 g/mol. The molecule has 11 heteroatoms. The van der Waals surface area contributed by atoms with Crippen LogP contribution in [0.15, 0.2) is 0 Å². The van der Waals surface area contributed by atoms with Crippen molar-refractivity contribution >= 4 is 13.8 Å². The van der Waals surface area contributed by atoms with Gasteiger partial charge in [-0.05, 0) is 0 Å². The number of phosphoric acid groups is 1. The quantitative estimate of drug-likeness (QED) is 0.290. The molecule has 0 saturated carbocycles. The van der Waals surface area contributed by atoms with Crippen molar-refractivity contribution in [2.24, 2.45) is 0 Å². The number of phosphoric ester groups is 1. The van der Waals surface area contributed by atoms with Gasteiger partial charge in [0, 0.05) is 0 Å². The van der Waals surface area contributed by atoms with Crippen LogP contribution >= 0.6 is 7.82 Å². The third kappa shape index (κ3) is 14.5. The number of carboxylic acids is 1. The van der Waals surface area contributed by atoms with Gasteiger partial charge >= 0.3 is 102 Å². The smallest absolute Gasteiger partial charge is 0.479 e. The van der Waals surface area contributed by atoms with Crippen LogP contribution in [-0.4, -0.2) is 38.7 Å². The number of rotatable bonds is 4. The summed E-state index contributed by atoms with van der Waals surface area (Å²) in [6, 6.07) is 0. The molecule has 0 aliphatic heterocycles. The number of aliphatic carboxylic acids is 1. The molecular weight excluding hydrogens is 248 g/mol. The van der Waals surface area contributed by atoms with Gasteiger partial charge in [0.25, 0.3) is 0 Å². The molecule has 1 atom stereocenters. The fourth-order valence-corrected chi connectivity index (χ4v) is 0.811. The summed E-state index contributed by atoms with van der Waals surface area (Å²) in [7, 11) is -4.83. The standard InChI is InChI=1S/C3H7O7P.3Na/c4-1-2(3(5)6)10-11(7,8)9;;;/h2,4H,1H2,(H,5,6)(H2,7,8,9);;;/q;3*+1/t2-;;;/m1.../s1. The fraction of sp³-hybridized carbons (Fsp3) is 0.667. The molecule has 14 heavy (non-hydrogen) atoms. The first-order chi connectivity index (χ1) is 4.87. The van der Waals surface area contributed by atoms with Crippen LogP contribution in [0.2, 0.25) is 0 Å². The predicted molar refractivity (Wildman–Crippen MR) is 31.6 cm³/mol. The van der Waals surface area contributed by atoms with Crippen molar-refractivity contribution in [2.75, 3.05) is 6.61 Å². The van der Waals surface area contributed by atoms with Crippen molar-refractivity contribution in [3.8, 4) is 0 Å². The predicted octanol–water partition coefficient (Wildman–Crippen LogP) is -10.4. The van der Waals surface area contributed by atoms with Crippen LogP contribution in [0.5, 0.6) is 0 Å². The Morgan fingerprint density at radius 3 is 1.71 bits per heavy atom. The summed E-state index contributed by atoms with van der Waals surface area (Å²) in [5.74, 6) is -1.63. The summed E-state index contributed by atoms with van der Waals surface area (Å²) in [6.45, 7) is -0.986. The largest absolute Gasteiger partial charge is 1.00 e. The number of hydrogen-bond donors (Lipinski definition) is 4. The van der Waals surface area contributed by atoms with Gasteiger partial charge in [0.2, 0.25) is 0 Å². The van der Waals surface area contributed by atoms with Crippen molar-refractivity contribution in [3.63, 3.8) is 0 Å². The fourth-order valence-electron chi connectivity index (χ4n) is 0.322. The SMILES string of the molecule is O=C(O)[C@@H](CO)OP(=O)(O)O.[Na+].[Na+].[Na+]. The van der Waals surface area contributed by atoms with Crippen LogP contribution in [0.1, 0.15) is 0 Å². The molecular formula is C3H7Na3O7P+3. The summed E-state index contributed by atoms with van der Waals surface area (Å²) in [4.78, 5) is 26.1. The Kier molecular flexibility index (Phi) is 21.8. The molecule has 4 N–H and O–H groups in total. The van der Waals surface area contributed by atoms with Gasteiger partial charge in [-0.25, -0.2) is 9.36 Å². The number of hydrogen-bond acceptors (Lipinski definition) is 4. The van der Waals surface area contributed by atoms with E-state index in [0.717, 1.165) is 0 Å². The number of carboxylic acid groups (broad SMARTS) is 1. The Morgan fingerprint density at radius 2 is 1.64 bits per heavy atom. The summed E-state index contributed by atoms with van der Waals surface area (Å²) in [5.41, 5.74) is 0. The minimum atomic E-state index is -4.83. The van der Waals surface area contributed by atoms with Gasteiger partial charge in [-0.15, -0.1) is 0 Å². The van der Waals surface area contributed by atoms with Crippen molar-refractivity contribution < 1.29 is 123 Å². The second kappa shape index (κ2) is 12.0. The van der Waals surface area contributed by atoms with Gasteiger partial charge in [-0.3, -0.25) is 4.52 Å². The number of carbonyl (C=O) groups is 1. The van der Waals surface area contributed by atoms with Crippen LogP contribution in [0.4, 0.5) is 0 Å². The van der Waals surface area contributed by atoms with Gasteiger partial charge in [0.1, 0.15) is 0 Å². The van der Waals surface area contributed by atoms with Gasteiger partial charge in [0.05, 0.1) is 6.61 Å². The van der Waals surface area contributed by atoms with Crippen LogP contribution in [0, 0.1) is 0 Å². The first-order valence-electron chi connectivity index (χ1n) is 2.44. The molecule has 0 saturated heterocycles. The third-order valence-electron chi connectivity index (χ3n) is 0.706. The Balaban J connectivity index is -0.000000167. The van der Waals surface area contributed by atoms with E-state index in [0.29, 0.717) is 0 Å². The minimum Gasteiger partial charge on any atom is -0.479 e. The normalized spacial score (nSPS) is 11.4. The molecule has 0 amide bonds. The summed E-state index contributed by atoms with van der Waals surface area (Å²) in [5, 5.41) is 16.3. The maximum atomic E-state index is 10.0. The van der Waals surface area contributed by atoms with Crippen LogP contribution in [0.3, 0.4) is 0 Å². The first-order valence-corrected chi connectivity index (χ1v) is 3.97. The van der Waals surface area contributed by atoms with Gasteiger partial charge < -0.3 is 20.0 Å². The molecule has 0 rings (SSSR count). The van der Waals surface area contributed by atoms with E-state index in [2.05, 4.69) is 4.52 Å². The minimum absolute atomic E-state index is 0. The molecule has 0 fully saturated rings. The zero-order valence-electron chi connectivity index (χ0n) is 8.25. The summed E-state index contributed by atoms with van der Waals surface area (Å²) < 4.78 is 13.7. The third-order valence-corrected chi connectivity index (χ3v) is 1.23. The number of aliphatic hydroxyl groups is 1. The monoisotopic (exact) mass is 255 g/mol. The molecule has 0 aromatic carbocycles. The van der Waals surface area contributed by atoms with E-state index in [1.165, 1.54) is 0 Å². The van der Waals surface area contributed by atoms with Crippen LogP contribution in [0.25, 0.3) is 0 Å². The Morgan fingerprint density at radius 1 is 1.29 bits per heavy atom. The molecule has 0 unspecified atom stereocenters. The van der Waals surface area contributed by atoms with Crippen LogP contribution < -0.4 is 88.7 Å². The maximum absolute atomic E-state index is 10.0. The molecule has 0 bridgehead atoms. The van der Waals surface area contributed by atoms with E-state index < -0.39 is 26.5 Å². The molecule has 0 aromatic heterocycles. The first kappa shape index (κ1) is 25.4. The van der Waals surface area contributed by atoms with Crippen molar-refractivity contribution in [1.82, 2.24) is 0 Å². The zero-order valence-corrected chi connectivity index (χ0v) is 15.1. The second-order valence-corrected chi connectivity index (χ2v) is 2.80. The van der Waals surface area contributed by atoms with Crippen molar-refractivity contribution in [2.45, 2.75) is 6.10 Å². The van der Waals surface area contributed by atoms with E-state index in [1.807, 2.05) is 0 Å². The summed E-state index contributed by atoms with van der Waals surface area (Å²) >= 11 is 0. The number of aliphatic hydroxyl groups excluding tert-OH is 1.